The van der Waals surface area contributed by atoms with Crippen molar-refractivity contribution in [2.75, 3.05) is 0 Å². The number of nitrogens with zero attached hydrogens (tertiary/aromatic N) is 1. The predicted molar refractivity (Wildman–Crippen MR) is 59.7 cm³/mol. The fourth-order valence-corrected chi connectivity index (χ4v) is 1.88. The summed E-state index contributed by atoms with van der Waals surface area (Å²) in [7, 11) is 0. The Morgan fingerprint density at radius 2 is 2.18 bits per heavy atom. The summed E-state index contributed by atoms with van der Waals surface area (Å²) >= 11 is 0. The second-order valence-electron chi connectivity index (χ2n) is 4.35. The third kappa shape index (κ3) is 2.18. The van der Waals surface area contributed by atoms with Crippen LogP contribution in [0.5, 0.6) is 0 Å². The fraction of sp³-hybridized carbons (Fsp3) is 0.500. The van der Waals surface area contributed by atoms with E-state index >= 15 is 0 Å². The molecule has 1 amide bonds. The maximum Gasteiger partial charge on any atom is 0.326 e. The molecule has 0 spiro atoms. The minimum Gasteiger partial charge on any atom is -0.480 e. The molecule has 1 atom stereocenters. The van der Waals surface area contributed by atoms with E-state index in [0.717, 1.165) is 12.8 Å². The summed E-state index contributed by atoms with van der Waals surface area (Å²) in [6.45, 7) is 3.23. The minimum absolute atomic E-state index is 0.0582. The van der Waals surface area contributed by atoms with Crippen LogP contribution in [-0.4, -0.2) is 34.0 Å². The Morgan fingerprint density at radius 1 is 1.53 bits per heavy atom. The monoisotopic (exact) mass is 237 g/mol. The van der Waals surface area contributed by atoms with Gasteiger partial charge in [-0.25, -0.2) is 4.79 Å². The molecule has 1 N–H and O–H groups in total. The standard InChI is InChI=1S/C12H15NO4/c1-7(12(15)16)13(9-3-4-9)11(14)10-5-6-17-8(10)2/h5-7,9H,3-4H2,1-2H3,(H,15,16). The van der Waals surface area contributed by atoms with E-state index in [1.165, 1.54) is 18.1 Å². The van der Waals surface area contributed by atoms with Gasteiger partial charge in [-0.15, -0.1) is 0 Å². The largest absolute Gasteiger partial charge is 0.480 e. The van der Waals surface area contributed by atoms with E-state index in [4.69, 9.17) is 9.52 Å². The smallest absolute Gasteiger partial charge is 0.326 e. The lowest BCUT2D eigenvalue weighted by Crippen LogP contribution is -2.44. The summed E-state index contributed by atoms with van der Waals surface area (Å²) in [4.78, 5) is 24.7. The summed E-state index contributed by atoms with van der Waals surface area (Å²) in [6.07, 6.45) is 3.19. The van der Waals surface area contributed by atoms with Crippen molar-refractivity contribution in [3.63, 3.8) is 0 Å². The lowest BCUT2D eigenvalue weighted by atomic mass is 10.2. The van der Waals surface area contributed by atoms with E-state index in [9.17, 15) is 9.59 Å². The zero-order valence-corrected chi connectivity index (χ0v) is 9.84. The molecular weight excluding hydrogens is 222 g/mol. The molecule has 1 aromatic heterocycles. The molecule has 1 aliphatic carbocycles. The highest BCUT2D eigenvalue weighted by Crippen LogP contribution is 2.30. The van der Waals surface area contributed by atoms with Crippen LogP contribution in [0, 0.1) is 6.92 Å². The van der Waals surface area contributed by atoms with Crippen LogP contribution >= 0.6 is 0 Å². The molecule has 0 aromatic carbocycles. The van der Waals surface area contributed by atoms with Crippen LogP contribution in [0.25, 0.3) is 0 Å². The van der Waals surface area contributed by atoms with E-state index in [1.54, 1.807) is 13.0 Å². The van der Waals surface area contributed by atoms with Gasteiger partial charge in [-0.1, -0.05) is 0 Å². The Balaban J connectivity index is 2.25. The number of aliphatic carboxylic acids is 1. The molecule has 1 heterocycles. The lowest BCUT2D eigenvalue weighted by molar-refractivity contribution is -0.141. The molecule has 0 radical (unpaired) electrons. The first-order valence-corrected chi connectivity index (χ1v) is 5.62. The highest BCUT2D eigenvalue weighted by atomic mass is 16.4. The van der Waals surface area contributed by atoms with Gasteiger partial charge in [0, 0.05) is 6.04 Å². The fourth-order valence-electron chi connectivity index (χ4n) is 1.88. The minimum atomic E-state index is -0.980. The summed E-state index contributed by atoms with van der Waals surface area (Å²) in [5.74, 6) is -0.710. The predicted octanol–water partition coefficient (Wildman–Crippen LogP) is 1.67. The quantitative estimate of drug-likeness (QED) is 0.864. The van der Waals surface area contributed by atoms with Crippen molar-refractivity contribution >= 4 is 11.9 Å². The van der Waals surface area contributed by atoms with Crippen molar-refractivity contribution in [3.05, 3.63) is 23.7 Å². The molecule has 0 aliphatic heterocycles. The van der Waals surface area contributed by atoms with Crippen molar-refractivity contribution in [3.8, 4) is 0 Å². The second kappa shape index (κ2) is 4.24. The number of amides is 1. The molecule has 1 saturated carbocycles. The zero-order valence-electron chi connectivity index (χ0n) is 9.84. The summed E-state index contributed by atoms with van der Waals surface area (Å²) < 4.78 is 5.08. The molecule has 5 heteroatoms. The van der Waals surface area contributed by atoms with Gasteiger partial charge in [-0.2, -0.15) is 0 Å². The van der Waals surface area contributed by atoms with Crippen molar-refractivity contribution < 1.29 is 19.1 Å². The second-order valence-corrected chi connectivity index (χ2v) is 4.35. The van der Waals surface area contributed by atoms with Crippen molar-refractivity contribution in [1.29, 1.82) is 0 Å². The van der Waals surface area contributed by atoms with E-state index < -0.39 is 12.0 Å². The molecule has 1 aliphatic rings. The average molecular weight is 237 g/mol. The number of rotatable bonds is 4. The highest BCUT2D eigenvalue weighted by Gasteiger charge is 2.39. The van der Waals surface area contributed by atoms with Gasteiger partial charge in [0.2, 0.25) is 0 Å². The first-order valence-electron chi connectivity index (χ1n) is 5.62. The van der Waals surface area contributed by atoms with Gasteiger partial charge in [0.05, 0.1) is 11.8 Å². The topological polar surface area (TPSA) is 70.8 Å². The Morgan fingerprint density at radius 3 is 2.59 bits per heavy atom. The van der Waals surface area contributed by atoms with Gasteiger partial charge in [0.25, 0.3) is 5.91 Å². The van der Waals surface area contributed by atoms with Crippen LogP contribution in [0.3, 0.4) is 0 Å². The Labute approximate surface area is 99.0 Å². The van der Waals surface area contributed by atoms with E-state index in [2.05, 4.69) is 0 Å². The number of carboxylic acid groups (broad SMARTS) is 1. The molecule has 1 aromatic rings. The summed E-state index contributed by atoms with van der Waals surface area (Å²) in [6, 6.07) is 0.842. The first-order chi connectivity index (χ1) is 8.02. The van der Waals surface area contributed by atoms with Crippen LogP contribution in [-0.2, 0) is 4.79 Å². The molecule has 1 fully saturated rings. The normalized spacial score (nSPS) is 16.6. The van der Waals surface area contributed by atoms with Gasteiger partial charge in [0.1, 0.15) is 11.8 Å². The third-order valence-corrected chi connectivity index (χ3v) is 3.04. The summed E-state index contributed by atoms with van der Waals surface area (Å²) in [5, 5.41) is 9.03. The van der Waals surface area contributed by atoms with Crippen molar-refractivity contribution in [2.24, 2.45) is 0 Å². The number of carbonyl (C=O) groups excluding carboxylic acids is 1. The SMILES string of the molecule is Cc1occc1C(=O)N(C1CC1)C(C)C(=O)O. The Hall–Kier alpha value is -1.78. The Kier molecular flexibility index (Phi) is 2.92. The van der Waals surface area contributed by atoms with Gasteiger partial charge in [0.15, 0.2) is 0 Å². The average Bonchev–Trinajstić information content (AvgIpc) is 3.00. The molecule has 0 saturated heterocycles. The zero-order chi connectivity index (χ0) is 12.6. The number of furan rings is 1. The molecule has 1 unspecified atom stereocenters. The number of carboxylic acids is 1. The van der Waals surface area contributed by atoms with Crippen LogP contribution < -0.4 is 0 Å². The van der Waals surface area contributed by atoms with Crippen molar-refractivity contribution in [1.82, 2.24) is 4.90 Å². The maximum atomic E-state index is 12.3. The molecule has 17 heavy (non-hydrogen) atoms. The van der Waals surface area contributed by atoms with Gasteiger partial charge in [-0.05, 0) is 32.8 Å². The lowest BCUT2D eigenvalue weighted by Gasteiger charge is -2.26. The Bertz CT molecular complexity index is 447. The molecular formula is C12H15NO4. The first kappa shape index (κ1) is 11.7. The van der Waals surface area contributed by atoms with E-state index in [0.29, 0.717) is 11.3 Å². The maximum absolute atomic E-state index is 12.3. The molecule has 0 bridgehead atoms. The van der Waals surface area contributed by atoms with Crippen LogP contribution in [0.1, 0.15) is 35.9 Å². The van der Waals surface area contributed by atoms with Gasteiger partial charge < -0.3 is 14.4 Å². The van der Waals surface area contributed by atoms with Gasteiger partial charge in [-0.3, -0.25) is 4.79 Å². The molecule has 92 valence electrons. The highest BCUT2D eigenvalue weighted by molar-refractivity contribution is 5.97. The number of carbonyl (C=O) groups is 2. The molecule has 5 nitrogen and oxygen atoms in total. The number of hydrogen-bond donors (Lipinski definition) is 1. The third-order valence-electron chi connectivity index (χ3n) is 3.04. The van der Waals surface area contributed by atoms with Gasteiger partial charge >= 0.3 is 5.97 Å². The summed E-state index contributed by atoms with van der Waals surface area (Å²) in [5.41, 5.74) is 0.449. The van der Waals surface area contributed by atoms with Crippen LogP contribution in [0.15, 0.2) is 16.7 Å². The van der Waals surface area contributed by atoms with Crippen molar-refractivity contribution in [2.45, 2.75) is 38.8 Å². The van der Waals surface area contributed by atoms with Crippen LogP contribution in [0.4, 0.5) is 0 Å². The van der Waals surface area contributed by atoms with Crippen LogP contribution in [0.2, 0.25) is 0 Å². The molecule has 2 rings (SSSR count). The number of aryl methyl sites for hydroxylation is 1. The van der Waals surface area contributed by atoms with E-state index in [-0.39, 0.29) is 11.9 Å². The van der Waals surface area contributed by atoms with E-state index in [1.807, 2.05) is 0 Å². The number of hydrogen-bond acceptors (Lipinski definition) is 3.